The van der Waals surface area contributed by atoms with Gasteiger partial charge in [0.15, 0.2) is 0 Å². The minimum absolute atomic E-state index is 0.405. The highest BCUT2D eigenvalue weighted by Crippen LogP contribution is 2.02. The van der Waals surface area contributed by atoms with Crippen molar-refractivity contribution in [3.63, 3.8) is 0 Å². The highest BCUT2D eigenvalue weighted by Gasteiger charge is 2.02. The minimum atomic E-state index is 0.405. The lowest BCUT2D eigenvalue weighted by Gasteiger charge is -1.87. The van der Waals surface area contributed by atoms with Crippen LogP contribution in [-0.4, -0.2) is 10.1 Å². The summed E-state index contributed by atoms with van der Waals surface area (Å²) in [5, 5.41) is 3.61. The van der Waals surface area contributed by atoms with Crippen LogP contribution in [0.1, 0.15) is 11.7 Å². The molecule has 0 aliphatic rings. The van der Waals surface area contributed by atoms with Crippen LogP contribution in [0.4, 0.5) is 0 Å². The molecule has 0 saturated heterocycles. The number of nitrogens with zero attached hydrogens (tertiary/aromatic N) is 2. The van der Waals surface area contributed by atoms with Gasteiger partial charge in [0.1, 0.15) is 0 Å². The molecular formula is C7H9N3O. The van der Waals surface area contributed by atoms with E-state index in [0.717, 1.165) is 0 Å². The third-order valence-electron chi connectivity index (χ3n) is 1.08. The number of aromatic nitrogens is 2. The Morgan fingerprint density at radius 3 is 2.91 bits per heavy atom. The second kappa shape index (κ2) is 3.01. The van der Waals surface area contributed by atoms with Crippen molar-refractivity contribution in [1.29, 1.82) is 0 Å². The van der Waals surface area contributed by atoms with Gasteiger partial charge in [-0.1, -0.05) is 17.8 Å². The van der Waals surface area contributed by atoms with Crippen molar-refractivity contribution in [1.82, 2.24) is 10.1 Å². The van der Waals surface area contributed by atoms with Crippen molar-refractivity contribution in [3.05, 3.63) is 30.4 Å². The number of hydrogen-bond donors (Lipinski definition) is 1. The van der Waals surface area contributed by atoms with Crippen LogP contribution in [0.3, 0.4) is 0 Å². The van der Waals surface area contributed by atoms with E-state index in [-0.39, 0.29) is 0 Å². The molecule has 2 N–H and O–H groups in total. The Morgan fingerprint density at radius 2 is 2.45 bits per heavy atom. The fourth-order valence-corrected chi connectivity index (χ4v) is 0.618. The summed E-state index contributed by atoms with van der Waals surface area (Å²) in [7, 11) is 0. The average molecular weight is 151 g/mol. The van der Waals surface area contributed by atoms with Gasteiger partial charge in [-0.25, -0.2) is 0 Å². The van der Waals surface area contributed by atoms with Crippen molar-refractivity contribution in [3.8, 4) is 0 Å². The predicted octanol–water partition coefficient (Wildman–Crippen LogP) is 0.864. The van der Waals surface area contributed by atoms with Gasteiger partial charge >= 0.3 is 0 Å². The van der Waals surface area contributed by atoms with Crippen molar-refractivity contribution in [2.24, 2.45) is 5.73 Å². The number of allylic oxidation sites excluding steroid dienone is 2. The highest BCUT2D eigenvalue weighted by molar-refractivity contribution is 5.57. The third kappa shape index (κ3) is 1.67. The lowest BCUT2D eigenvalue weighted by Crippen LogP contribution is -1.97. The van der Waals surface area contributed by atoms with Gasteiger partial charge in [-0.15, -0.1) is 0 Å². The summed E-state index contributed by atoms with van der Waals surface area (Å²) >= 11 is 0. The van der Waals surface area contributed by atoms with Crippen molar-refractivity contribution >= 4 is 5.70 Å². The normalized spacial score (nSPS) is 11.5. The van der Waals surface area contributed by atoms with Crippen LogP contribution in [0.15, 0.2) is 23.3 Å². The van der Waals surface area contributed by atoms with Gasteiger partial charge in [-0.2, -0.15) is 4.98 Å². The van der Waals surface area contributed by atoms with Crippen LogP contribution in [0.25, 0.3) is 5.70 Å². The largest absolute Gasteiger partial charge is 0.396 e. The van der Waals surface area contributed by atoms with E-state index in [1.165, 1.54) is 0 Å². The average Bonchev–Trinajstić information content (AvgIpc) is 2.36. The molecule has 1 heterocycles. The molecule has 0 aromatic carbocycles. The smallest absolute Gasteiger partial charge is 0.223 e. The quantitative estimate of drug-likeness (QED) is 0.637. The molecule has 0 radical (unpaired) electrons. The number of nitrogens with two attached hydrogens (primary N) is 1. The lowest BCUT2D eigenvalue weighted by molar-refractivity contribution is 0.391. The Balaban J connectivity index is 2.93. The standard InChI is InChI=1S/C7H9N3O/c1-3-4-6(8)7-9-5(2)11-10-7/h3-4H,1,8H2,2H3/b6-4-. The molecule has 0 amide bonds. The number of rotatable bonds is 2. The fourth-order valence-electron chi connectivity index (χ4n) is 0.618. The van der Waals surface area contributed by atoms with Gasteiger partial charge in [0.25, 0.3) is 0 Å². The van der Waals surface area contributed by atoms with E-state index in [1.54, 1.807) is 19.1 Å². The summed E-state index contributed by atoms with van der Waals surface area (Å²) in [5.41, 5.74) is 5.98. The molecule has 0 aliphatic carbocycles. The van der Waals surface area contributed by atoms with Gasteiger partial charge in [-0.3, -0.25) is 0 Å². The summed E-state index contributed by atoms with van der Waals surface area (Å²) in [4.78, 5) is 3.91. The monoisotopic (exact) mass is 151 g/mol. The first-order chi connectivity index (χ1) is 5.24. The molecule has 0 unspecified atom stereocenters. The Labute approximate surface area is 64.4 Å². The molecule has 11 heavy (non-hydrogen) atoms. The third-order valence-corrected chi connectivity index (χ3v) is 1.08. The zero-order valence-corrected chi connectivity index (χ0v) is 6.24. The molecule has 0 atom stereocenters. The maximum Gasteiger partial charge on any atom is 0.223 e. The zero-order valence-electron chi connectivity index (χ0n) is 6.24. The fraction of sp³-hybridized carbons (Fsp3) is 0.143. The van der Waals surface area contributed by atoms with Gasteiger partial charge < -0.3 is 10.3 Å². The second-order valence-corrected chi connectivity index (χ2v) is 1.99. The maximum atomic E-state index is 5.52. The lowest BCUT2D eigenvalue weighted by atomic mass is 10.4. The van der Waals surface area contributed by atoms with Gasteiger partial charge in [0.2, 0.25) is 11.7 Å². The summed E-state index contributed by atoms with van der Waals surface area (Å²) < 4.78 is 4.72. The first-order valence-electron chi connectivity index (χ1n) is 3.13. The molecule has 0 bridgehead atoms. The molecule has 1 aromatic rings. The van der Waals surface area contributed by atoms with Crippen LogP contribution in [0.5, 0.6) is 0 Å². The van der Waals surface area contributed by atoms with E-state index in [2.05, 4.69) is 16.7 Å². The first kappa shape index (κ1) is 7.53. The topological polar surface area (TPSA) is 64.9 Å². The van der Waals surface area contributed by atoms with Crippen LogP contribution >= 0.6 is 0 Å². The zero-order chi connectivity index (χ0) is 8.27. The molecule has 1 rings (SSSR count). The van der Waals surface area contributed by atoms with Crippen LogP contribution in [0, 0.1) is 6.92 Å². The van der Waals surface area contributed by atoms with Crippen molar-refractivity contribution in [2.75, 3.05) is 0 Å². The van der Waals surface area contributed by atoms with Gasteiger partial charge in [0.05, 0.1) is 5.70 Å². The van der Waals surface area contributed by atoms with E-state index in [9.17, 15) is 0 Å². The molecule has 4 nitrogen and oxygen atoms in total. The van der Waals surface area contributed by atoms with E-state index in [1.807, 2.05) is 0 Å². The molecule has 0 saturated carbocycles. The summed E-state index contributed by atoms with van der Waals surface area (Å²) in [6.07, 6.45) is 3.19. The van der Waals surface area contributed by atoms with Gasteiger partial charge in [0, 0.05) is 6.92 Å². The second-order valence-electron chi connectivity index (χ2n) is 1.99. The Morgan fingerprint density at radius 1 is 1.73 bits per heavy atom. The summed E-state index contributed by atoms with van der Waals surface area (Å²) in [6.45, 7) is 5.20. The number of hydrogen-bond acceptors (Lipinski definition) is 4. The van der Waals surface area contributed by atoms with E-state index in [0.29, 0.717) is 17.4 Å². The SMILES string of the molecule is C=C/C=C(\N)c1noc(C)n1. The summed E-state index contributed by atoms with van der Waals surface area (Å²) in [5.74, 6) is 0.905. The Hall–Kier alpha value is -1.58. The van der Waals surface area contributed by atoms with E-state index in [4.69, 9.17) is 10.3 Å². The Kier molecular flexibility index (Phi) is 2.06. The predicted molar refractivity (Wildman–Crippen MR) is 41.4 cm³/mol. The van der Waals surface area contributed by atoms with E-state index < -0.39 is 0 Å². The maximum absolute atomic E-state index is 5.52. The first-order valence-corrected chi connectivity index (χ1v) is 3.13. The minimum Gasteiger partial charge on any atom is -0.396 e. The molecule has 0 aliphatic heterocycles. The molecule has 0 fully saturated rings. The highest BCUT2D eigenvalue weighted by atomic mass is 16.5. The number of aryl methyl sites for hydroxylation is 1. The molecule has 4 heteroatoms. The van der Waals surface area contributed by atoms with Crippen molar-refractivity contribution in [2.45, 2.75) is 6.92 Å². The molecule has 0 spiro atoms. The molecular weight excluding hydrogens is 142 g/mol. The molecule has 58 valence electrons. The van der Waals surface area contributed by atoms with E-state index >= 15 is 0 Å². The van der Waals surface area contributed by atoms with Crippen molar-refractivity contribution < 1.29 is 4.52 Å². The van der Waals surface area contributed by atoms with Gasteiger partial charge in [-0.05, 0) is 6.08 Å². The molecule has 1 aromatic heterocycles. The van der Waals surface area contributed by atoms with Crippen LogP contribution < -0.4 is 5.73 Å². The van der Waals surface area contributed by atoms with Crippen LogP contribution in [-0.2, 0) is 0 Å². The Bertz CT molecular complexity index is 288. The van der Waals surface area contributed by atoms with Crippen LogP contribution in [0.2, 0.25) is 0 Å². The summed E-state index contributed by atoms with van der Waals surface area (Å²) in [6, 6.07) is 0.